The molecule has 0 heterocycles. The zero-order valence-electron chi connectivity index (χ0n) is 10.1. The number of alkyl halides is 3. The minimum absolute atomic E-state index is 0.0304. The smallest absolute Gasteiger partial charge is 0.387 e. The molecule has 19 heavy (non-hydrogen) atoms. The van der Waals surface area contributed by atoms with Crippen molar-refractivity contribution in [3.05, 3.63) is 33.8 Å². The van der Waals surface area contributed by atoms with Gasteiger partial charge in [-0.2, -0.15) is 13.2 Å². The third-order valence-corrected chi connectivity index (χ3v) is 3.09. The summed E-state index contributed by atoms with van der Waals surface area (Å²) in [5.41, 5.74) is 0.390. The van der Waals surface area contributed by atoms with E-state index in [1.54, 1.807) is 6.07 Å². The number of rotatable bonds is 5. The van der Waals surface area contributed by atoms with Crippen molar-refractivity contribution in [2.24, 2.45) is 0 Å². The summed E-state index contributed by atoms with van der Waals surface area (Å²) in [7, 11) is 0. The molecule has 2 N–H and O–H groups in total. The second-order valence-corrected chi connectivity index (χ2v) is 5.15. The molecule has 1 aromatic carbocycles. The van der Waals surface area contributed by atoms with Crippen LogP contribution in [0.25, 0.3) is 0 Å². The highest BCUT2D eigenvalue weighted by Gasteiger charge is 2.30. The Bertz CT molecular complexity index is 426. The number of aliphatic hydroxyl groups is 1. The first kappa shape index (κ1) is 16.6. The van der Waals surface area contributed by atoms with Gasteiger partial charge < -0.3 is 10.4 Å². The standard InChI is InChI=1S/C12H14Cl2F3NO/c1-7(5-12(15,16)17)18-6-11(19)9-4-8(13)2-3-10(9)14/h2-4,7,11,18-19H,5-6H2,1H3. The van der Waals surface area contributed by atoms with Gasteiger partial charge in [-0.3, -0.25) is 0 Å². The highest BCUT2D eigenvalue weighted by Crippen LogP contribution is 2.26. The SMILES string of the molecule is CC(CC(F)(F)F)NCC(O)c1cc(Cl)ccc1Cl. The van der Waals surface area contributed by atoms with Gasteiger partial charge in [0.2, 0.25) is 0 Å². The third kappa shape index (κ3) is 5.99. The molecule has 7 heteroatoms. The normalized spacial score (nSPS) is 15.3. The van der Waals surface area contributed by atoms with Crippen LogP contribution in [0.1, 0.15) is 25.0 Å². The van der Waals surface area contributed by atoms with Crippen LogP contribution in [0.2, 0.25) is 10.0 Å². The maximum Gasteiger partial charge on any atom is 0.390 e. The number of aliphatic hydroxyl groups excluding tert-OH is 1. The average Bonchev–Trinajstić information content (AvgIpc) is 2.27. The Morgan fingerprint density at radius 2 is 1.95 bits per heavy atom. The number of halogens is 5. The fraction of sp³-hybridized carbons (Fsp3) is 0.500. The molecule has 0 saturated heterocycles. The zero-order valence-corrected chi connectivity index (χ0v) is 11.6. The van der Waals surface area contributed by atoms with Gasteiger partial charge in [0.1, 0.15) is 0 Å². The van der Waals surface area contributed by atoms with E-state index in [4.69, 9.17) is 23.2 Å². The minimum Gasteiger partial charge on any atom is -0.387 e. The Hall–Kier alpha value is -0.490. The van der Waals surface area contributed by atoms with E-state index in [-0.39, 0.29) is 6.54 Å². The summed E-state index contributed by atoms with van der Waals surface area (Å²) in [5.74, 6) is 0. The van der Waals surface area contributed by atoms with Crippen LogP contribution in [0.4, 0.5) is 13.2 Å². The molecule has 1 rings (SSSR count). The first-order valence-corrected chi connectivity index (χ1v) is 6.38. The summed E-state index contributed by atoms with van der Waals surface area (Å²) in [6.07, 6.45) is -6.20. The van der Waals surface area contributed by atoms with Crippen molar-refractivity contribution in [3.63, 3.8) is 0 Å². The Kier molecular flexibility index (Phi) is 5.92. The van der Waals surface area contributed by atoms with E-state index in [9.17, 15) is 18.3 Å². The van der Waals surface area contributed by atoms with Crippen LogP contribution in [-0.4, -0.2) is 23.9 Å². The largest absolute Gasteiger partial charge is 0.390 e. The van der Waals surface area contributed by atoms with Crippen molar-refractivity contribution in [3.8, 4) is 0 Å². The summed E-state index contributed by atoms with van der Waals surface area (Å²) in [4.78, 5) is 0. The van der Waals surface area contributed by atoms with E-state index >= 15 is 0 Å². The van der Waals surface area contributed by atoms with Crippen LogP contribution in [-0.2, 0) is 0 Å². The third-order valence-electron chi connectivity index (χ3n) is 2.51. The van der Waals surface area contributed by atoms with E-state index in [1.807, 2.05) is 0 Å². The zero-order chi connectivity index (χ0) is 14.6. The van der Waals surface area contributed by atoms with Crippen molar-refractivity contribution in [2.45, 2.75) is 31.7 Å². The predicted octanol–water partition coefficient (Wildman–Crippen LogP) is 3.96. The number of benzene rings is 1. The lowest BCUT2D eigenvalue weighted by Crippen LogP contribution is -2.34. The topological polar surface area (TPSA) is 32.3 Å². The molecule has 0 aliphatic rings. The van der Waals surface area contributed by atoms with Crippen LogP contribution in [0.5, 0.6) is 0 Å². The number of hydrogen-bond donors (Lipinski definition) is 2. The molecule has 0 bridgehead atoms. The summed E-state index contributed by atoms with van der Waals surface area (Å²) in [6.45, 7) is 1.37. The summed E-state index contributed by atoms with van der Waals surface area (Å²) >= 11 is 11.7. The van der Waals surface area contributed by atoms with E-state index in [0.29, 0.717) is 15.6 Å². The number of hydrogen-bond acceptors (Lipinski definition) is 2. The van der Waals surface area contributed by atoms with Gasteiger partial charge in [-0.05, 0) is 25.1 Å². The number of nitrogens with one attached hydrogen (secondary N) is 1. The second kappa shape index (κ2) is 6.79. The molecule has 0 amide bonds. The monoisotopic (exact) mass is 315 g/mol. The van der Waals surface area contributed by atoms with Gasteiger partial charge >= 0.3 is 6.18 Å². The van der Waals surface area contributed by atoms with Gasteiger partial charge in [-0.15, -0.1) is 0 Å². The highest BCUT2D eigenvalue weighted by molar-refractivity contribution is 6.33. The van der Waals surface area contributed by atoms with E-state index in [1.165, 1.54) is 19.1 Å². The predicted molar refractivity (Wildman–Crippen MR) is 69.6 cm³/mol. The highest BCUT2D eigenvalue weighted by atomic mass is 35.5. The molecule has 0 radical (unpaired) electrons. The average molecular weight is 316 g/mol. The van der Waals surface area contributed by atoms with Gasteiger partial charge in [0, 0.05) is 28.2 Å². The molecule has 2 unspecified atom stereocenters. The van der Waals surface area contributed by atoms with Gasteiger partial charge in [0.05, 0.1) is 12.5 Å². The fourth-order valence-corrected chi connectivity index (χ4v) is 2.04. The molecule has 0 aliphatic heterocycles. The van der Waals surface area contributed by atoms with Gasteiger partial charge in [-0.25, -0.2) is 0 Å². The summed E-state index contributed by atoms with van der Waals surface area (Å²) in [6, 6.07) is 3.80. The van der Waals surface area contributed by atoms with E-state index in [2.05, 4.69) is 5.32 Å². The quantitative estimate of drug-likeness (QED) is 0.862. The maximum atomic E-state index is 12.1. The van der Waals surface area contributed by atoms with E-state index in [0.717, 1.165) is 0 Å². The molecular weight excluding hydrogens is 302 g/mol. The van der Waals surface area contributed by atoms with Gasteiger partial charge in [0.25, 0.3) is 0 Å². The fourth-order valence-electron chi connectivity index (χ4n) is 1.61. The minimum atomic E-state index is -4.23. The van der Waals surface area contributed by atoms with Crippen LogP contribution < -0.4 is 5.32 Å². The van der Waals surface area contributed by atoms with Crippen LogP contribution >= 0.6 is 23.2 Å². The van der Waals surface area contributed by atoms with Crippen molar-refractivity contribution in [1.82, 2.24) is 5.32 Å². The van der Waals surface area contributed by atoms with Crippen LogP contribution in [0.3, 0.4) is 0 Å². The lowest BCUT2D eigenvalue weighted by atomic mass is 10.1. The second-order valence-electron chi connectivity index (χ2n) is 4.31. The van der Waals surface area contributed by atoms with E-state index < -0.39 is 24.7 Å². The van der Waals surface area contributed by atoms with Crippen LogP contribution in [0, 0.1) is 0 Å². The molecule has 0 fully saturated rings. The molecule has 108 valence electrons. The van der Waals surface area contributed by atoms with Gasteiger partial charge in [0.15, 0.2) is 0 Å². The first-order chi connectivity index (χ1) is 8.69. The molecular formula is C12H14Cl2F3NO. The van der Waals surface area contributed by atoms with Crippen molar-refractivity contribution >= 4 is 23.2 Å². The molecule has 0 spiro atoms. The lowest BCUT2D eigenvalue weighted by Gasteiger charge is -2.19. The molecule has 0 aliphatic carbocycles. The Balaban J connectivity index is 2.56. The van der Waals surface area contributed by atoms with Crippen molar-refractivity contribution in [1.29, 1.82) is 0 Å². The van der Waals surface area contributed by atoms with Crippen LogP contribution in [0.15, 0.2) is 18.2 Å². The molecule has 0 aromatic heterocycles. The molecule has 0 saturated carbocycles. The van der Waals surface area contributed by atoms with Crippen molar-refractivity contribution in [2.75, 3.05) is 6.54 Å². The Morgan fingerprint density at radius 3 is 2.53 bits per heavy atom. The lowest BCUT2D eigenvalue weighted by molar-refractivity contribution is -0.139. The Labute approximate surface area is 119 Å². The maximum absolute atomic E-state index is 12.1. The summed E-state index contributed by atoms with van der Waals surface area (Å²) in [5, 5.41) is 13.2. The molecule has 1 aromatic rings. The molecule has 2 atom stereocenters. The Morgan fingerprint density at radius 1 is 1.32 bits per heavy atom. The first-order valence-electron chi connectivity index (χ1n) is 5.62. The molecule has 2 nitrogen and oxygen atoms in total. The summed E-state index contributed by atoms with van der Waals surface area (Å²) < 4.78 is 36.4. The van der Waals surface area contributed by atoms with Gasteiger partial charge in [-0.1, -0.05) is 23.2 Å². The van der Waals surface area contributed by atoms with Crippen molar-refractivity contribution < 1.29 is 18.3 Å².